The van der Waals surface area contributed by atoms with Gasteiger partial charge >= 0.3 is 5.97 Å². The summed E-state index contributed by atoms with van der Waals surface area (Å²) in [6.07, 6.45) is -0.996. The van der Waals surface area contributed by atoms with Crippen LogP contribution in [-0.4, -0.2) is 32.3 Å². The molecule has 2 aromatic rings. The summed E-state index contributed by atoms with van der Waals surface area (Å²) in [5.41, 5.74) is 0.523. The number of nitrogens with one attached hydrogen (secondary N) is 1. The van der Waals surface area contributed by atoms with Crippen molar-refractivity contribution in [2.24, 2.45) is 0 Å². The molecule has 27 heavy (non-hydrogen) atoms. The number of Topliss-reactive ketones (excluding diaryl/α,β-unsaturated/α-hetero) is 1. The second-order valence-corrected chi connectivity index (χ2v) is 8.37. The van der Waals surface area contributed by atoms with Gasteiger partial charge in [-0.05, 0) is 69.3 Å². The van der Waals surface area contributed by atoms with Crippen LogP contribution in [-0.2, 0) is 14.8 Å². The lowest BCUT2D eigenvalue weighted by molar-refractivity contribution is 0.0318. The minimum atomic E-state index is -3.65. The molecule has 144 valence electrons. The van der Waals surface area contributed by atoms with E-state index in [1.807, 2.05) is 0 Å². The summed E-state index contributed by atoms with van der Waals surface area (Å²) >= 11 is 5.79. The monoisotopic (exact) mass is 409 g/mol. The molecule has 0 amide bonds. The highest BCUT2D eigenvalue weighted by atomic mass is 35.5. The highest BCUT2D eigenvalue weighted by molar-refractivity contribution is 7.89. The van der Waals surface area contributed by atoms with Crippen molar-refractivity contribution >= 4 is 33.4 Å². The number of ketones is 1. The fourth-order valence-corrected chi connectivity index (χ4v) is 3.66. The van der Waals surface area contributed by atoms with Crippen LogP contribution in [0.3, 0.4) is 0 Å². The molecule has 0 aliphatic rings. The van der Waals surface area contributed by atoms with Crippen molar-refractivity contribution in [2.75, 3.05) is 0 Å². The Morgan fingerprint density at radius 1 is 0.926 bits per heavy atom. The molecule has 0 spiro atoms. The van der Waals surface area contributed by atoms with Crippen LogP contribution in [0.4, 0.5) is 0 Å². The third kappa shape index (κ3) is 5.63. The molecule has 1 N–H and O–H groups in total. The lowest BCUT2D eigenvalue weighted by Crippen LogP contribution is -2.30. The molecule has 2 aromatic carbocycles. The van der Waals surface area contributed by atoms with Crippen LogP contribution in [0.25, 0.3) is 0 Å². The number of halogens is 1. The molecule has 0 aromatic heterocycles. The summed E-state index contributed by atoms with van der Waals surface area (Å²) in [6, 6.07) is 11.3. The van der Waals surface area contributed by atoms with E-state index in [4.69, 9.17) is 16.3 Å². The number of sulfonamides is 1. The number of hydrogen-bond acceptors (Lipinski definition) is 5. The van der Waals surface area contributed by atoms with Gasteiger partial charge < -0.3 is 4.74 Å². The van der Waals surface area contributed by atoms with Crippen molar-refractivity contribution < 1.29 is 22.7 Å². The van der Waals surface area contributed by atoms with E-state index < -0.39 is 22.1 Å². The average molecular weight is 410 g/mol. The molecule has 0 bridgehead atoms. The largest absolute Gasteiger partial charge is 0.451 e. The van der Waals surface area contributed by atoms with E-state index in [2.05, 4.69) is 4.72 Å². The van der Waals surface area contributed by atoms with E-state index >= 15 is 0 Å². The van der Waals surface area contributed by atoms with Gasteiger partial charge in [-0.15, -0.1) is 0 Å². The second-order valence-electron chi connectivity index (χ2n) is 6.22. The van der Waals surface area contributed by atoms with Crippen LogP contribution in [0.2, 0.25) is 5.02 Å². The van der Waals surface area contributed by atoms with Gasteiger partial charge in [-0.2, -0.15) is 0 Å². The Labute approximate surface area is 163 Å². The molecule has 0 radical (unpaired) electrons. The van der Waals surface area contributed by atoms with Crippen molar-refractivity contribution in [1.82, 2.24) is 4.72 Å². The minimum Gasteiger partial charge on any atom is -0.451 e. The fraction of sp³-hybridized carbons (Fsp3) is 0.263. The van der Waals surface area contributed by atoms with Crippen LogP contribution in [0.15, 0.2) is 53.4 Å². The number of benzene rings is 2. The zero-order valence-electron chi connectivity index (χ0n) is 15.1. The highest BCUT2D eigenvalue weighted by Gasteiger charge is 2.21. The molecule has 1 atom stereocenters. The van der Waals surface area contributed by atoms with Crippen LogP contribution < -0.4 is 4.72 Å². The van der Waals surface area contributed by atoms with E-state index in [1.165, 1.54) is 31.2 Å². The van der Waals surface area contributed by atoms with Gasteiger partial charge in [-0.1, -0.05) is 11.6 Å². The Hall–Kier alpha value is -2.22. The van der Waals surface area contributed by atoms with Crippen molar-refractivity contribution in [2.45, 2.75) is 37.8 Å². The van der Waals surface area contributed by atoms with Gasteiger partial charge in [0.15, 0.2) is 6.10 Å². The molecule has 0 saturated heterocycles. The van der Waals surface area contributed by atoms with Gasteiger partial charge in [-0.25, -0.2) is 17.9 Å². The summed E-state index contributed by atoms with van der Waals surface area (Å²) in [6.45, 7) is 4.89. The minimum absolute atomic E-state index is 0.0399. The number of carbonyl (C=O) groups is 2. The lowest BCUT2D eigenvalue weighted by Gasteiger charge is -2.13. The molecule has 6 nitrogen and oxygen atoms in total. The normalized spacial score (nSPS) is 12.6. The van der Waals surface area contributed by atoms with Crippen LogP contribution in [0.5, 0.6) is 0 Å². The van der Waals surface area contributed by atoms with Gasteiger partial charge in [0, 0.05) is 16.6 Å². The first-order chi connectivity index (χ1) is 12.6. The molecule has 0 aliphatic heterocycles. The van der Waals surface area contributed by atoms with E-state index in [9.17, 15) is 18.0 Å². The van der Waals surface area contributed by atoms with Crippen molar-refractivity contribution in [3.8, 4) is 0 Å². The van der Waals surface area contributed by atoms with Gasteiger partial charge in [0.1, 0.15) is 0 Å². The second kappa shape index (κ2) is 8.65. The smallest absolute Gasteiger partial charge is 0.338 e. The van der Waals surface area contributed by atoms with Crippen molar-refractivity contribution in [3.05, 3.63) is 64.7 Å². The molecule has 2 rings (SSSR count). The maximum Gasteiger partial charge on any atom is 0.338 e. The number of carbonyl (C=O) groups excluding carboxylic acids is 2. The van der Waals surface area contributed by atoms with E-state index in [-0.39, 0.29) is 22.3 Å². The van der Waals surface area contributed by atoms with Crippen LogP contribution >= 0.6 is 11.6 Å². The maximum atomic E-state index is 12.3. The standard InChI is InChI=1S/C19H20ClNO5S/c1-12(2)21-27(24,25)17-10-6-15(7-11-17)19(23)26-13(3)18(22)14-4-8-16(20)9-5-14/h4-13,21H,1-3H3. The van der Waals surface area contributed by atoms with Gasteiger partial charge in [-0.3, -0.25) is 4.79 Å². The quantitative estimate of drug-likeness (QED) is 0.558. The predicted molar refractivity (Wildman–Crippen MR) is 103 cm³/mol. The van der Waals surface area contributed by atoms with E-state index in [0.29, 0.717) is 10.6 Å². The molecule has 0 heterocycles. The SMILES string of the molecule is CC(C)NS(=O)(=O)c1ccc(C(=O)OC(C)C(=O)c2ccc(Cl)cc2)cc1. The molecule has 0 saturated carbocycles. The highest BCUT2D eigenvalue weighted by Crippen LogP contribution is 2.15. The maximum absolute atomic E-state index is 12.3. The Balaban J connectivity index is 2.07. The Morgan fingerprint density at radius 2 is 1.44 bits per heavy atom. The summed E-state index contributed by atoms with van der Waals surface area (Å²) in [5.74, 6) is -1.08. The summed E-state index contributed by atoms with van der Waals surface area (Å²) in [4.78, 5) is 24.6. The van der Waals surface area contributed by atoms with E-state index in [1.54, 1.807) is 38.1 Å². The fourth-order valence-electron chi connectivity index (χ4n) is 2.28. The zero-order chi connectivity index (χ0) is 20.2. The molecular weight excluding hydrogens is 390 g/mol. The first-order valence-electron chi connectivity index (χ1n) is 8.23. The predicted octanol–water partition coefficient (Wildman–Crippen LogP) is 3.45. The Bertz CT molecular complexity index is 922. The molecule has 8 heteroatoms. The summed E-state index contributed by atoms with van der Waals surface area (Å²) in [5, 5.41) is 0.498. The number of esters is 1. The lowest BCUT2D eigenvalue weighted by atomic mass is 10.1. The molecule has 1 unspecified atom stereocenters. The number of hydrogen-bond donors (Lipinski definition) is 1. The van der Waals surface area contributed by atoms with E-state index in [0.717, 1.165) is 0 Å². The first kappa shape index (κ1) is 21.1. The average Bonchev–Trinajstić information content (AvgIpc) is 2.60. The van der Waals surface area contributed by atoms with Crippen molar-refractivity contribution in [1.29, 1.82) is 0 Å². The van der Waals surface area contributed by atoms with Crippen molar-refractivity contribution in [3.63, 3.8) is 0 Å². The number of ether oxygens (including phenoxy) is 1. The summed E-state index contributed by atoms with van der Waals surface area (Å²) in [7, 11) is -3.65. The molecule has 0 fully saturated rings. The summed E-state index contributed by atoms with van der Waals surface area (Å²) < 4.78 is 31.8. The Morgan fingerprint density at radius 3 is 1.96 bits per heavy atom. The third-order valence-corrected chi connectivity index (χ3v) is 5.50. The number of rotatable bonds is 7. The van der Waals surface area contributed by atoms with Gasteiger partial charge in [0.25, 0.3) is 0 Å². The molecular formula is C19H20ClNO5S. The van der Waals surface area contributed by atoms with Crippen LogP contribution in [0.1, 0.15) is 41.5 Å². The topological polar surface area (TPSA) is 89.5 Å². The van der Waals surface area contributed by atoms with Gasteiger partial charge in [0.05, 0.1) is 10.5 Å². The zero-order valence-corrected chi connectivity index (χ0v) is 16.7. The Kier molecular flexibility index (Phi) is 6.75. The van der Waals surface area contributed by atoms with Gasteiger partial charge in [0.2, 0.25) is 15.8 Å². The van der Waals surface area contributed by atoms with Crippen LogP contribution in [0, 0.1) is 0 Å². The third-order valence-electron chi connectivity index (χ3n) is 3.57. The molecule has 0 aliphatic carbocycles. The first-order valence-corrected chi connectivity index (χ1v) is 10.1.